The maximum absolute atomic E-state index is 15.3. The highest BCUT2D eigenvalue weighted by Gasteiger charge is 2.66. The van der Waals surface area contributed by atoms with Crippen molar-refractivity contribution in [1.29, 1.82) is 0 Å². The highest BCUT2D eigenvalue weighted by atomic mass is 16.4. The summed E-state index contributed by atoms with van der Waals surface area (Å²) in [6.45, 7) is 0. The van der Waals surface area contributed by atoms with E-state index in [9.17, 15) is 24.6 Å². The van der Waals surface area contributed by atoms with Crippen molar-refractivity contribution in [1.82, 2.24) is 0 Å². The molecule has 1 heterocycles. The second kappa shape index (κ2) is 12.1. The lowest BCUT2D eigenvalue weighted by molar-refractivity contribution is -0.135. The van der Waals surface area contributed by atoms with Crippen molar-refractivity contribution in [2.75, 3.05) is 4.90 Å². The van der Waals surface area contributed by atoms with Crippen molar-refractivity contribution in [3.8, 4) is 5.75 Å². The third-order valence-corrected chi connectivity index (χ3v) is 12.0. The first kappa shape index (κ1) is 32.5. The maximum Gasteiger partial charge on any atom is 0.335 e. The summed E-state index contributed by atoms with van der Waals surface area (Å²) < 4.78 is 0. The first-order valence-electron chi connectivity index (χ1n) is 17.7. The average molecular weight is 700 g/mol. The Bertz CT molecular complexity index is 2450. The van der Waals surface area contributed by atoms with Crippen LogP contribution < -0.4 is 4.90 Å². The number of fused-ring (bicyclic) bond motifs is 5. The van der Waals surface area contributed by atoms with Gasteiger partial charge < -0.3 is 10.2 Å². The molecule has 9 rings (SSSR count). The Balaban J connectivity index is 1.27. The fourth-order valence-corrected chi connectivity index (χ4v) is 9.73. The number of carboxylic acids is 1. The Morgan fingerprint density at radius 3 is 2.13 bits per heavy atom. The number of rotatable bonds is 5. The van der Waals surface area contributed by atoms with E-state index >= 15 is 9.59 Å². The first-order chi connectivity index (χ1) is 25.7. The summed E-state index contributed by atoms with van der Waals surface area (Å²) in [6, 6.07) is 35.2. The molecule has 8 heteroatoms. The number of carbonyl (C=O) groups is 5. The molecule has 0 unspecified atom stereocenters. The molecule has 0 spiro atoms. The molecule has 5 aromatic carbocycles. The number of benzene rings is 5. The Hall–Kier alpha value is -6.41. The van der Waals surface area contributed by atoms with Gasteiger partial charge >= 0.3 is 5.97 Å². The Morgan fingerprint density at radius 2 is 1.42 bits per heavy atom. The van der Waals surface area contributed by atoms with E-state index in [1.165, 1.54) is 30.3 Å². The summed E-state index contributed by atoms with van der Waals surface area (Å²) in [5.74, 6) is -6.41. The molecule has 2 N–H and O–H groups in total. The number of phenols is 1. The lowest BCUT2D eigenvalue weighted by atomic mass is 9.44. The van der Waals surface area contributed by atoms with E-state index in [0.29, 0.717) is 27.6 Å². The molecular weight excluding hydrogens is 666 g/mol. The van der Waals surface area contributed by atoms with E-state index in [2.05, 4.69) is 0 Å². The van der Waals surface area contributed by atoms with Crippen LogP contribution in [-0.4, -0.2) is 39.6 Å². The number of phenolic OH excluding ortho intramolecular Hbond substituents is 1. The molecule has 0 aromatic heterocycles. The van der Waals surface area contributed by atoms with E-state index in [1.54, 1.807) is 12.1 Å². The van der Waals surface area contributed by atoms with E-state index in [0.717, 1.165) is 15.9 Å². The number of Topliss-reactive ketones (excluding diaryl/α,β-unsaturated/α-hetero) is 1. The van der Waals surface area contributed by atoms with Gasteiger partial charge in [-0.1, -0.05) is 109 Å². The molecule has 3 aliphatic carbocycles. The highest BCUT2D eigenvalue weighted by Crippen LogP contribution is 2.64. The molecule has 5 aromatic rings. The van der Waals surface area contributed by atoms with Crippen LogP contribution in [0.25, 0.3) is 16.3 Å². The lowest BCUT2D eigenvalue weighted by Crippen LogP contribution is -2.58. The van der Waals surface area contributed by atoms with Crippen LogP contribution in [0, 0.1) is 23.7 Å². The molecule has 2 amide bonds. The molecule has 260 valence electrons. The summed E-state index contributed by atoms with van der Waals surface area (Å²) in [4.78, 5) is 71.8. The van der Waals surface area contributed by atoms with Crippen LogP contribution in [-0.2, 0) is 24.6 Å². The predicted octanol–water partition coefficient (Wildman–Crippen LogP) is 7.27. The molecule has 0 bridgehead atoms. The third-order valence-electron chi connectivity index (χ3n) is 12.0. The number of hydrogen-bond acceptors (Lipinski definition) is 6. The van der Waals surface area contributed by atoms with Gasteiger partial charge in [0.1, 0.15) is 5.75 Å². The lowest BCUT2D eigenvalue weighted by Gasteiger charge is -2.55. The Labute approximate surface area is 304 Å². The number of hydrogen-bond donors (Lipinski definition) is 2. The maximum atomic E-state index is 15.3. The molecule has 1 saturated carbocycles. The highest BCUT2D eigenvalue weighted by molar-refractivity contribution is 6.32. The van der Waals surface area contributed by atoms with Crippen LogP contribution in [0.15, 0.2) is 139 Å². The SMILES string of the molecule is O=C(O)c1ccc(N2C(=O)[C@H]3[C@H](CC=C4[C@H]3C[C@H]3C(=O)C(c5ccccc5)=CC(=O)[C@@]3(c3ccccc3)[C@H]4c3ccc4ccccc4c3O)C2=O)cc1. The Morgan fingerprint density at radius 1 is 0.736 bits per heavy atom. The van der Waals surface area contributed by atoms with Crippen molar-refractivity contribution in [2.24, 2.45) is 23.7 Å². The van der Waals surface area contributed by atoms with Crippen LogP contribution in [0.2, 0.25) is 0 Å². The number of ketones is 2. The fraction of sp³-hybridized carbons (Fsp3) is 0.178. The second-order valence-corrected chi connectivity index (χ2v) is 14.4. The fourth-order valence-electron chi connectivity index (χ4n) is 9.73. The van der Waals surface area contributed by atoms with E-state index in [-0.39, 0.29) is 47.3 Å². The van der Waals surface area contributed by atoms with Gasteiger partial charge in [-0.05, 0) is 65.6 Å². The van der Waals surface area contributed by atoms with Crippen molar-refractivity contribution < 1.29 is 34.2 Å². The number of amides is 2. The Kier molecular flexibility index (Phi) is 7.41. The van der Waals surface area contributed by atoms with Crippen molar-refractivity contribution in [3.63, 3.8) is 0 Å². The standard InChI is InChI=1S/C45H33NO7/c47-37-24-34(25-9-3-1-4-10-25)41(49)36-23-35-31(21-22-32-38(35)43(51)46(42(32)50)29-18-15-27(16-19-29)44(52)53)39(45(36,37)28-12-5-2-6-13-28)33-20-17-26-11-7-8-14-30(26)40(33)48/h1-21,24,32,35-36,38-39,48H,22-23H2,(H,52,53)/t32-,35+,36-,38-,39+,45-/m0/s1. The van der Waals surface area contributed by atoms with Crippen LogP contribution in [0.3, 0.4) is 0 Å². The van der Waals surface area contributed by atoms with Gasteiger partial charge in [-0.25, -0.2) is 4.79 Å². The molecular formula is C45H33NO7. The first-order valence-corrected chi connectivity index (χ1v) is 17.7. The van der Waals surface area contributed by atoms with E-state index < -0.39 is 46.9 Å². The number of aromatic hydroxyl groups is 1. The summed E-state index contributed by atoms with van der Waals surface area (Å²) in [5.41, 5.74) is 1.60. The van der Waals surface area contributed by atoms with Gasteiger partial charge in [0, 0.05) is 28.4 Å². The number of carbonyl (C=O) groups excluding carboxylic acids is 4. The van der Waals surface area contributed by atoms with Crippen LogP contribution in [0.1, 0.15) is 45.8 Å². The number of carboxylic acid groups (broad SMARTS) is 1. The monoisotopic (exact) mass is 699 g/mol. The van der Waals surface area contributed by atoms with Crippen molar-refractivity contribution >= 4 is 51.4 Å². The molecule has 4 aliphatic rings. The smallest absolute Gasteiger partial charge is 0.335 e. The van der Waals surface area contributed by atoms with Crippen molar-refractivity contribution in [3.05, 3.63) is 161 Å². The van der Waals surface area contributed by atoms with Crippen LogP contribution in [0.4, 0.5) is 5.69 Å². The van der Waals surface area contributed by atoms with Gasteiger partial charge in [-0.2, -0.15) is 0 Å². The summed E-state index contributed by atoms with van der Waals surface area (Å²) in [6.07, 6.45) is 3.78. The van der Waals surface area contributed by atoms with Crippen LogP contribution >= 0.6 is 0 Å². The summed E-state index contributed by atoms with van der Waals surface area (Å²) >= 11 is 0. The van der Waals surface area contributed by atoms with Crippen molar-refractivity contribution in [2.45, 2.75) is 24.2 Å². The minimum atomic E-state index is -1.47. The van der Waals surface area contributed by atoms with Gasteiger partial charge in [0.2, 0.25) is 11.8 Å². The molecule has 2 fully saturated rings. The number of allylic oxidation sites excluding steroid dienone is 4. The van der Waals surface area contributed by atoms with Gasteiger partial charge in [-0.3, -0.25) is 24.1 Å². The van der Waals surface area contributed by atoms with Gasteiger partial charge in [0.25, 0.3) is 0 Å². The molecule has 6 atom stereocenters. The molecule has 1 aliphatic heterocycles. The van der Waals surface area contributed by atoms with Gasteiger partial charge in [0.15, 0.2) is 11.6 Å². The summed E-state index contributed by atoms with van der Waals surface area (Å²) in [5, 5.41) is 23.0. The van der Waals surface area contributed by atoms with Gasteiger partial charge in [0.05, 0.1) is 28.5 Å². The average Bonchev–Trinajstić information content (AvgIpc) is 3.45. The third kappa shape index (κ3) is 4.64. The number of imide groups is 1. The van der Waals surface area contributed by atoms with E-state index in [1.807, 2.05) is 91.0 Å². The molecule has 0 radical (unpaired) electrons. The summed E-state index contributed by atoms with van der Waals surface area (Å²) in [7, 11) is 0. The largest absolute Gasteiger partial charge is 0.507 e. The molecule has 53 heavy (non-hydrogen) atoms. The molecule has 1 saturated heterocycles. The topological polar surface area (TPSA) is 129 Å². The number of nitrogens with zero attached hydrogens (tertiary/aromatic N) is 1. The molecule has 8 nitrogen and oxygen atoms in total. The second-order valence-electron chi connectivity index (χ2n) is 14.4. The quantitative estimate of drug-likeness (QED) is 0.146. The number of aromatic carboxylic acids is 1. The van der Waals surface area contributed by atoms with E-state index in [4.69, 9.17) is 0 Å². The zero-order valence-electron chi connectivity index (χ0n) is 28.4. The number of anilines is 1. The normalized spacial score (nSPS) is 26.4. The zero-order chi connectivity index (χ0) is 36.6. The zero-order valence-corrected chi connectivity index (χ0v) is 28.4. The minimum Gasteiger partial charge on any atom is -0.507 e. The predicted molar refractivity (Wildman–Crippen MR) is 198 cm³/mol. The van der Waals surface area contributed by atoms with Gasteiger partial charge in [-0.15, -0.1) is 0 Å². The minimum absolute atomic E-state index is 0.00196. The van der Waals surface area contributed by atoms with Crippen LogP contribution in [0.5, 0.6) is 5.75 Å².